The zero-order valence-corrected chi connectivity index (χ0v) is 20.5. The molecule has 37 heavy (non-hydrogen) atoms. The molecule has 2 aliphatic heterocycles. The highest BCUT2D eigenvalue weighted by Crippen LogP contribution is 2.31. The fourth-order valence-corrected chi connectivity index (χ4v) is 5.11. The standard InChI is InChI=1S/C24H28F3N9O/c1-13-29-19-4-3-17(30-23(19)35(13)10-20(26)27)15-5-8-36-21(15)22(28-2)32-24(33-36)31-18-6-7-34(9-16(18)25)14-11-37-12-14/h3-5,8,14,16,18,20H,6-7,9-12H2,1-2H3,(H2,28,31,32,33)/t16-,18-/m1/s1. The molecule has 0 amide bonds. The van der Waals surface area contributed by atoms with E-state index in [-0.39, 0.29) is 0 Å². The molecule has 0 aromatic carbocycles. The van der Waals surface area contributed by atoms with E-state index in [4.69, 9.17) is 4.74 Å². The normalized spacial score (nSPS) is 21.1. The van der Waals surface area contributed by atoms with Crippen LogP contribution in [0, 0.1) is 6.92 Å². The number of aryl methyl sites for hydroxylation is 1. The van der Waals surface area contributed by atoms with Crippen molar-refractivity contribution in [2.24, 2.45) is 0 Å². The van der Waals surface area contributed by atoms with Crippen LogP contribution in [0.5, 0.6) is 0 Å². The van der Waals surface area contributed by atoms with Crippen molar-refractivity contribution in [3.8, 4) is 11.3 Å². The van der Waals surface area contributed by atoms with Crippen molar-refractivity contribution < 1.29 is 17.9 Å². The summed E-state index contributed by atoms with van der Waals surface area (Å²) in [7, 11) is 1.75. The van der Waals surface area contributed by atoms with Crippen LogP contribution in [-0.2, 0) is 11.3 Å². The lowest BCUT2D eigenvalue weighted by Gasteiger charge is -2.42. The Morgan fingerprint density at radius 1 is 1.16 bits per heavy atom. The second-order valence-corrected chi connectivity index (χ2v) is 9.50. The van der Waals surface area contributed by atoms with Crippen molar-refractivity contribution in [2.45, 2.75) is 44.6 Å². The fourth-order valence-electron chi connectivity index (χ4n) is 5.11. The van der Waals surface area contributed by atoms with Crippen molar-refractivity contribution in [1.82, 2.24) is 34.0 Å². The third kappa shape index (κ3) is 4.35. The molecule has 196 valence electrons. The fraction of sp³-hybridized carbons (Fsp3) is 0.500. The number of alkyl halides is 3. The van der Waals surface area contributed by atoms with Gasteiger partial charge in [-0.05, 0) is 31.5 Å². The van der Waals surface area contributed by atoms with Crippen LogP contribution in [0.15, 0.2) is 24.4 Å². The number of hydrogen-bond donors (Lipinski definition) is 2. The van der Waals surface area contributed by atoms with E-state index in [1.165, 1.54) is 4.57 Å². The van der Waals surface area contributed by atoms with Gasteiger partial charge in [-0.3, -0.25) is 4.90 Å². The van der Waals surface area contributed by atoms with Gasteiger partial charge in [0.05, 0.1) is 37.5 Å². The van der Waals surface area contributed by atoms with Crippen LogP contribution in [0.4, 0.5) is 24.9 Å². The van der Waals surface area contributed by atoms with Gasteiger partial charge in [0.25, 0.3) is 6.43 Å². The molecule has 0 aliphatic carbocycles. The third-order valence-corrected chi connectivity index (χ3v) is 7.15. The van der Waals surface area contributed by atoms with Gasteiger partial charge in [-0.25, -0.2) is 27.7 Å². The van der Waals surface area contributed by atoms with Crippen LogP contribution in [0.3, 0.4) is 0 Å². The Labute approximate surface area is 210 Å². The van der Waals surface area contributed by atoms with Crippen LogP contribution in [0.1, 0.15) is 12.2 Å². The van der Waals surface area contributed by atoms with Crippen LogP contribution in [-0.4, -0.2) is 92.1 Å². The summed E-state index contributed by atoms with van der Waals surface area (Å²) < 4.78 is 49.6. The number of imidazole rings is 1. The Balaban J connectivity index is 1.30. The molecule has 0 saturated carbocycles. The first-order valence-electron chi connectivity index (χ1n) is 12.3. The minimum absolute atomic E-state index is 0.312. The zero-order chi connectivity index (χ0) is 25.7. The summed E-state index contributed by atoms with van der Waals surface area (Å²) in [5, 5.41) is 10.9. The predicted molar refractivity (Wildman–Crippen MR) is 133 cm³/mol. The number of nitrogens with one attached hydrogen (secondary N) is 2. The van der Waals surface area contributed by atoms with E-state index >= 15 is 0 Å². The van der Waals surface area contributed by atoms with Gasteiger partial charge in [0, 0.05) is 31.9 Å². The van der Waals surface area contributed by atoms with E-state index in [1.807, 2.05) is 6.07 Å². The molecule has 6 rings (SSSR count). The Hall–Kier alpha value is -3.45. The van der Waals surface area contributed by atoms with Crippen LogP contribution in [0.25, 0.3) is 27.9 Å². The smallest absolute Gasteiger partial charge is 0.256 e. The molecule has 2 atom stereocenters. The molecular weight excluding hydrogens is 487 g/mol. The molecule has 2 fully saturated rings. The van der Waals surface area contributed by atoms with Crippen LogP contribution in [0.2, 0.25) is 0 Å². The first-order valence-corrected chi connectivity index (χ1v) is 12.3. The molecular formula is C24H28F3N9O. The van der Waals surface area contributed by atoms with E-state index in [0.29, 0.717) is 72.2 Å². The molecule has 4 aromatic heterocycles. The highest BCUT2D eigenvalue weighted by Gasteiger charge is 2.35. The monoisotopic (exact) mass is 515 g/mol. The SMILES string of the molecule is CNc1nc(N[C@@H]2CCN(C3COC3)C[C@H]2F)nn2ccc(-c3ccc4nc(C)n(CC(F)F)c4n3)c12. The Kier molecular flexibility index (Phi) is 6.11. The van der Waals surface area contributed by atoms with Crippen molar-refractivity contribution in [1.29, 1.82) is 0 Å². The maximum Gasteiger partial charge on any atom is 0.256 e. The summed E-state index contributed by atoms with van der Waals surface area (Å²) in [5.74, 6) is 1.34. The number of ether oxygens (including phenoxy) is 1. The van der Waals surface area contributed by atoms with E-state index < -0.39 is 25.2 Å². The Bertz CT molecular complexity index is 1430. The minimum atomic E-state index is -2.52. The lowest BCUT2D eigenvalue weighted by atomic mass is 10.0. The highest BCUT2D eigenvalue weighted by atomic mass is 19.3. The van der Waals surface area contributed by atoms with Gasteiger partial charge >= 0.3 is 0 Å². The van der Waals surface area contributed by atoms with Gasteiger partial charge in [0.15, 0.2) is 11.5 Å². The number of halogens is 3. The molecule has 2 saturated heterocycles. The van der Waals surface area contributed by atoms with Gasteiger partial charge in [-0.15, -0.1) is 5.10 Å². The Morgan fingerprint density at radius 2 is 2.00 bits per heavy atom. The molecule has 0 spiro atoms. The van der Waals surface area contributed by atoms with Crippen LogP contribution < -0.4 is 10.6 Å². The van der Waals surface area contributed by atoms with Gasteiger partial charge in [0.1, 0.15) is 23.0 Å². The summed E-state index contributed by atoms with van der Waals surface area (Å²) in [4.78, 5) is 15.8. The summed E-state index contributed by atoms with van der Waals surface area (Å²) in [5.41, 5.74) is 2.95. The molecule has 10 nitrogen and oxygen atoms in total. The van der Waals surface area contributed by atoms with E-state index in [1.54, 1.807) is 36.8 Å². The molecule has 6 heterocycles. The number of piperidine rings is 1. The van der Waals surface area contributed by atoms with E-state index in [9.17, 15) is 13.2 Å². The highest BCUT2D eigenvalue weighted by molar-refractivity contribution is 5.89. The van der Waals surface area contributed by atoms with Gasteiger partial charge in [-0.1, -0.05) is 0 Å². The number of aromatic nitrogens is 6. The third-order valence-electron chi connectivity index (χ3n) is 7.15. The lowest BCUT2D eigenvalue weighted by molar-refractivity contribution is -0.0794. The maximum atomic E-state index is 15.0. The molecule has 2 aliphatic rings. The molecule has 0 unspecified atom stereocenters. The average Bonchev–Trinajstić information content (AvgIpc) is 3.39. The van der Waals surface area contributed by atoms with Gasteiger partial charge in [0.2, 0.25) is 5.95 Å². The van der Waals surface area contributed by atoms with E-state index in [2.05, 4.69) is 35.6 Å². The molecule has 13 heteroatoms. The summed E-state index contributed by atoms with van der Waals surface area (Å²) >= 11 is 0. The number of nitrogens with zero attached hydrogens (tertiary/aromatic N) is 7. The quantitative estimate of drug-likeness (QED) is 0.388. The van der Waals surface area contributed by atoms with Crippen molar-refractivity contribution in [2.75, 3.05) is 44.0 Å². The molecule has 2 N–H and O–H groups in total. The van der Waals surface area contributed by atoms with Gasteiger partial charge in [-0.2, -0.15) is 4.98 Å². The summed E-state index contributed by atoms with van der Waals surface area (Å²) in [6.07, 6.45) is -1.15. The summed E-state index contributed by atoms with van der Waals surface area (Å²) in [6, 6.07) is 5.34. The van der Waals surface area contributed by atoms with E-state index in [0.717, 1.165) is 12.1 Å². The largest absolute Gasteiger partial charge is 0.378 e. The number of fused-ring (bicyclic) bond motifs is 2. The maximum absolute atomic E-state index is 15.0. The number of likely N-dealkylation sites (tertiary alicyclic amines) is 1. The number of anilines is 2. The summed E-state index contributed by atoms with van der Waals surface area (Å²) in [6.45, 7) is 3.70. The minimum Gasteiger partial charge on any atom is -0.378 e. The predicted octanol–water partition coefficient (Wildman–Crippen LogP) is 2.98. The lowest BCUT2D eigenvalue weighted by Crippen LogP contribution is -2.57. The topological polar surface area (TPSA) is 97.4 Å². The van der Waals surface area contributed by atoms with Crippen molar-refractivity contribution >= 4 is 28.4 Å². The first kappa shape index (κ1) is 23.9. The second kappa shape index (κ2) is 9.45. The van der Waals surface area contributed by atoms with Crippen molar-refractivity contribution in [3.63, 3.8) is 0 Å². The first-order chi connectivity index (χ1) is 17.9. The number of rotatable bonds is 7. The second-order valence-electron chi connectivity index (χ2n) is 9.50. The Morgan fingerprint density at radius 3 is 2.70 bits per heavy atom. The zero-order valence-electron chi connectivity index (χ0n) is 20.5. The number of pyridine rings is 1. The molecule has 4 aromatic rings. The average molecular weight is 516 g/mol. The molecule has 0 radical (unpaired) electrons. The molecule has 0 bridgehead atoms. The van der Waals surface area contributed by atoms with Crippen molar-refractivity contribution in [3.05, 3.63) is 30.2 Å². The van der Waals surface area contributed by atoms with Crippen LogP contribution >= 0.6 is 0 Å². The number of hydrogen-bond acceptors (Lipinski definition) is 8. The van der Waals surface area contributed by atoms with Gasteiger partial charge < -0.3 is 19.9 Å².